The fourth-order valence-electron chi connectivity index (χ4n) is 2.00. The van der Waals surface area contributed by atoms with Crippen LogP contribution in [-0.2, 0) is 6.54 Å². The summed E-state index contributed by atoms with van der Waals surface area (Å²) in [6.07, 6.45) is 0. The van der Waals surface area contributed by atoms with Crippen molar-refractivity contribution >= 4 is 32.7 Å². The Hall–Kier alpha value is -1.81. The zero-order chi connectivity index (χ0) is 12.5. The van der Waals surface area contributed by atoms with Crippen molar-refractivity contribution in [2.45, 2.75) is 6.54 Å². The highest BCUT2D eigenvalue weighted by atomic mass is 79.9. The molecule has 0 aliphatic carbocycles. The number of halogens is 1. The molecule has 3 rings (SSSR count). The number of anilines is 1. The van der Waals surface area contributed by atoms with E-state index in [2.05, 4.69) is 33.2 Å². The molecule has 1 heterocycles. The maximum Gasteiger partial charge on any atom is 0.130 e. The van der Waals surface area contributed by atoms with Gasteiger partial charge in [0.15, 0.2) is 0 Å². The molecule has 0 aliphatic rings. The van der Waals surface area contributed by atoms with Crippen LogP contribution in [0.15, 0.2) is 53.0 Å². The SMILES string of the molecule is Nc1c2ccc(Br)cc2nn1Cc1ccccc1. The maximum atomic E-state index is 6.12. The quantitative estimate of drug-likeness (QED) is 0.788. The molecule has 0 aliphatic heterocycles. The van der Waals surface area contributed by atoms with Gasteiger partial charge >= 0.3 is 0 Å². The van der Waals surface area contributed by atoms with Crippen molar-refractivity contribution in [1.82, 2.24) is 9.78 Å². The molecule has 3 nitrogen and oxygen atoms in total. The first-order valence-corrected chi connectivity index (χ1v) is 6.49. The number of aromatic nitrogens is 2. The second-order valence-corrected chi connectivity index (χ2v) is 5.11. The largest absolute Gasteiger partial charge is 0.383 e. The average molecular weight is 302 g/mol. The summed E-state index contributed by atoms with van der Waals surface area (Å²) in [6, 6.07) is 16.1. The summed E-state index contributed by atoms with van der Waals surface area (Å²) in [7, 11) is 0. The van der Waals surface area contributed by atoms with Crippen LogP contribution in [0.5, 0.6) is 0 Å². The van der Waals surface area contributed by atoms with Gasteiger partial charge in [-0.05, 0) is 23.8 Å². The molecule has 2 N–H and O–H groups in total. The topological polar surface area (TPSA) is 43.8 Å². The van der Waals surface area contributed by atoms with Gasteiger partial charge in [0, 0.05) is 9.86 Å². The van der Waals surface area contributed by atoms with E-state index in [-0.39, 0.29) is 0 Å². The van der Waals surface area contributed by atoms with E-state index < -0.39 is 0 Å². The monoisotopic (exact) mass is 301 g/mol. The highest BCUT2D eigenvalue weighted by molar-refractivity contribution is 9.10. The molecule has 0 fully saturated rings. The third-order valence-corrected chi connectivity index (χ3v) is 3.41. The van der Waals surface area contributed by atoms with Crippen molar-refractivity contribution in [1.29, 1.82) is 0 Å². The van der Waals surface area contributed by atoms with E-state index in [4.69, 9.17) is 5.73 Å². The molecule has 0 bridgehead atoms. The minimum absolute atomic E-state index is 0.693. The number of nitrogen functional groups attached to an aromatic ring is 1. The fourth-order valence-corrected chi connectivity index (χ4v) is 2.35. The zero-order valence-corrected chi connectivity index (χ0v) is 11.3. The van der Waals surface area contributed by atoms with E-state index >= 15 is 0 Å². The first-order chi connectivity index (χ1) is 8.74. The van der Waals surface area contributed by atoms with Gasteiger partial charge in [0.05, 0.1) is 12.1 Å². The standard InChI is InChI=1S/C14H12BrN3/c15-11-6-7-12-13(8-11)17-18(14(12)16)9-10-4-2-1-3-5-10/h1-8H,9,16H2. The number of benzene rings is 2. The number of nitrogens with two attached hydrogens (primary N) is 1. The van der Waals surface area contributed by atoms with Crippen LogP contribution in [0, 0.1) is 0 Å². The Morgan fingerprint density at radius 2 is 1.89 bits per heavy atom. The van der Waals surface area contributed by atoms with E-state index in [9.17, 15) is 0 Å². The predicted molar refractivity (Wildman–Crippen MR) is 77.4 cm³/mol. The summed E-state index contributed by atoms with van der Waals surface area (Å²) in [4.78, 5) is 0. The van der Waals surface area contributed by atoms with Gasteiger partial charge in [0.25, 0.3) is 0 Å². The number of nitrogens with zero attached hydrogens (tertiary/aromatic N) is 2. The minimum atomic E-state index is 0.693. The van der Waals surface area contributed by atoms with Crippen LogP contribution in [0.2, 0.25) is 0 Å². The van der Waals surface area contributed by atoms with Crippen LogP contribution < -0.4 is 5.73 Å². The lowest BCUT2D eigenvalue weighted by Crippen LogP contribution is -2.05. The molecule has 0 saturated heterocycles. The number of rotatable bonds is 2. The van der Waals surface area contributed by atoms with Gasteiger partial charge in [-0.25, -0.2) is 4.68 Å². The first-order valence-electron chi connectivity index (χ1n) is 5.69. The molecule has 0 spiro atoms. The van der Waals surface area contributed by atoms with Gasteiger partial charge in [0.2, 0.25) is 0 Å². The van der Waals surface area contributed by atoms with Crippen molar-refractivity contribution in [3.8, 4) is 0 Å². The molecule has 1 aromatic heterocycles. The lowest BCUT2D eigenvalue weighted by Gasteiger charge is -2.03. The molecule has 0 atom stereocenters. The Labute approximate surface area is 113 Å². The first kappa shape index (κ1) is 11.3. The van der Waals surface area contributed by atoms with Crippen LogP contribution >= 0.6 is 15.9 Å². The smallest absolute Gasteiger partial charge is 0.130 e. The maximum absolute atomic E-state index is 6.12. The molecule has 0 unspecified atom stereocenters. The zero-order valence-electron chi connectivity index (χ0n) is 9.68. The van der Waals surface area contributed by atoms with E-state index in [1.165, 1.54) is 5.56 Å². The van der Waals surface area contributed by atoms with Crippen molar-refractivity contribution < 1.29 is 0 Å². The van der Waals surface area contributed by atoms with E-state index in [0.717, 1.165) is 15.4 Å². The Morgan fingerprint density at radius 3 is 2.67 bits per heavy atom. The van der Waals surface area contributed by atoms with Crippen LogP contribution in [0.3, 0.4) is 0 Å². The van der Waals surface area contributed by atoms with Crippen molar-refractivity contribution in [2.24, 2.45) is 0 Å². The summed E-state index contributed by atoms with van der Waals surface area (Å²) in [5.41, 5.74) is 8.23. The molecular formula is C14H12BrN3. The van der Waals surface area contributed by atoms with E-state index in [0.29, 0.717) is 12.4 Å². The number of fused-ring (bicyclic) bond motifs is 1. The lowest BCUT2D eigenvalue weighted by atomic mass is 10.2. The third-order valence-electron chi connectivity index (χ3n) is 2.92. The minimum Gasteiger partial charge on any atom is -0.383 e. The summed E-state index contributed by atoms with van der Waals surface area (Å²) in [5.74, 6) is 0.710. The molecule has 90 valence electrons. The van der Waals surface area contributed by atoms with Gasteiger partial charge in [-0.15, -0.1) is 0 Å². The Balaban J connectivity index is 2.05. The lowest BCUT2D eigenvalue weighted by molar-refractivity contribution is 0.706. The van der Waals surface area contributed by atoms with Crippen molar-refractivity contribution in [3.05, 3.63) is 58.6 Å². The normalized spacial score (nSPS) is 10.9. The second-order valence-electron chi connectivity index (χ2n) is 4.19. The third kappa shape index (κ3) is 1.99. The van der Waals surface area contributed by atoms with Gasteiger partial charge < -0.3 is 5.73 Å². The summed E-state index contributed by atoms with van der Waals surface area (Å²) >= 11 is 3.44. The highest BCUT2D eigenvalue weighted by Crippen LogP contribution is 2.24. The van der Waals surface area contributed by atoms with Gasteiger partial charge in [-0.1, -0.05) is 46.3 Å². The van der Waals surface area contributed by atoms with Crippen LogP contribution in [0.1, 0.15) is 5.56 Å². The van der Waals surface area contributed by atoms with Gasteiger partial charge in [-0.3, -0.25) is 0 Å². The van der Waals surface area contributed by atoms with Gasteiger partial charge in [0.1, 0.15) is 5.82 Å². The van der Waals surface area contributed by atoms with Gasteiger partial charge in [-0.2, -0.15) is 5.10 Å². The average Bonchev–Trinajstić information content (AvgIpc) is 2.67. The second kappa shape index (κ2) is 4.46. The highest BCUT2D eigenvalue weighted by Gasteiger charge is 2.08. The molecule has 0 amide bonds. The number of hydrogen-bond acceptors (Lipinski definition) is 2. The van der Waals surface area contributed by atoms with Crippen LogP contribution in [-0.4, -0.2) is 9.78 Å². The molecule has 2 aromatic carbocycles. The van der Waals surface area contributed by atoms with Crippen molar-refractivity contribution in [3.63, 3.8) is 0 Å². The number of hydrogen-bond donors (Lipinski definition) is 1. The molecule has 0 saturated carbocycles. The Kier molecular flexibility index (Phi) is 2.80. The Morgan fingerprint density at radius 1 is 1.11 bits per heavy atom. The van der Waals surface area contributed by atoms with E-state index in [1.807, 2.05) is 41.1 Å². The molecule has 18 heavy (non-hydrogen) atoms. The van der Waals surface area contributed by atoms with Crippen LogP contribution in [0.25, 0.3) is 10.9 Å². The van der Waals surface area contributed by atoms with E-state index in [1.54, 1.807) is 0 Å². The molecule has 3 aromatic rings. The Bertz CT molecular complexity index is 689. The van der Waals surface area contributed by atoms with Crippen molar-refractivity contribution in [2.75, 3.05) is 5.73 Å². The summed E-state index contributed by atoms with van der Waals surface area (Å²) in [5, 5.41) is 5.52. The molecule has 4 heteroatoms. The molecular weight excluding hydrogens is 290 g/mol. The summed E-state index contributed by atoms with van der Waals surface area (Å²) in [6.45, 7) is 0.693. The summed E-state index contributed by atoms with van der Waals surface area (Å²) < 4.78 is 2.85. The van der Waals surface area contributed by atoms with Crippen LogP contribution in [0.4, 0.5) is 5.82 Å². The molecule has 0 radical (unpaired) electrons. The fraction of sp³-hybridized carbons (Fsp3) is 0.0714. The predicted octanol–water partition coefficient (Wildman–Crippen LogP) is 3.43.